The quantitative estimate of drug-likeness (QED) is 0.642. The molecule has 0 spiro atoms. The number of nitrogens with one attached hydrogen (secondary N) is 2. The van der Waals surface area contributed by atoms with Crippen molar-refractivity contribution in [3.63, 3.8) is 0 Å². The van der Waals surface area contributed by atoms with Crippen LogP contribution < -0.4 is 10.0 Å². The van der Waals surface area contributed by atoms with Crippen LogP contribution in [0.25, 0.3) is 0 Å². The van der Waals surface area contributed by atoms with E-state index in [1.807, 2.05) is 6.92 Å². The molecule has 1 heterocycles. The average Bonchev–Trinajstić information content (AvgIpc) is 2.43. The van der Waals surface area contributed by atoms with Gasteiger partial charge >= 0.3 is 0 Å². The highest BCUT2D eigenvalue weighted by atomic mass is 32.2. The lowest BCUT2D eigenvalue weighted by Crippen LogP contribution is -2.27. The van der Waals surface area contributed by atoms with E-state index in [9.17, 15) is 13.2 Å². The molecular formula is C12H19N3O4S. The monoisotopic (exact) mass is 301 g/mol. The number of carbonyl (C=O) groups is 1. The van der Waals surface area contributed by atoms with E-state index in [2.05, 4.69) is 15.0 Å². The van der Waals surface area contributed by atoms with Crippen LogP contribution in [-0.2, 0) is 10.0 Å². The van der Waals surface area contributed by atoms with Crippen molar-refractivity contribution in [1.29, 1.82) is 0 Å². The van der Waals surface area contributed by atoms with Crippen molar-refractivity contribution < 1.29 is 18.3 Å². The molecule has 0 aliphatic carbocycles. The average molecular weight is 301 g/mol. The Morgan fingerprint density at radius 2 is 2.15 bits per heavy atom. The van der Waals surface area contributed by atoms with Crippen molar-refractivity contribution >= 4 is 21.6 Å². The minimum Gasteiger partial charge on any atom is -0.395 e. The molecule has 112 valence electrons. The first kappa shape index (κ1) is 16.4. The smallest absolute Gasteiger partial charge is 0.269 e. The Morgan fingerprint density at radius 1 is 1.40 bits per heavy atom. The molecule has 20 heavy (non-hydrogen) atoms. The molecule has 1 aromatic heterocycles. The van der Waals surface area contributed by atoms with Gasteiger partial charge in [-0.3, -0.25) is 9.52 Å². The number of unbranched alkanes of at least 4 members (excludes halogenated alkanes) is 1. The van der Waals surface area contributed by atoms with Gasteiger partial charge < -0.3 is 10.4 Å². The number of nitrogens with zero attached hydrogens (tertiary/aromatic N) is 1. The predicted molar refractivity (Wildman–Crippen MR) is 76.0 cm³/mol. The maximum Gasteiger partial charge on any atom is 0.269 e. The molecule has 0 unspecified atom stereocenters. The van der Waals surface area contributed by atoms with E-state index in [4.69, 9.17) is 5.11 Å². The second-order valence-corrected chi connectivity index (χ2v) is 6.03. The maximum atomic E-state index is 11.7. The van der Waals surface area contributed by atoms with Gasteiger partial charge in [0, 0.05) is 6.54 Å². The van der Waals surface area contributed by atoms with Gasteiger partial charge in [-0.05, 0) is 18.6 Å². The van der Waals surface area contributed by atoms with Crippen LogP contribution in [0.1, 0.15) is 30.3 Å². The second kappa shape index (κ2) is 7.81. The van der Waals surface area contributed by atoms with Crippen molar-refractivity contribution in [2.24, 2.45) is 0 Å². The van der Waals surface area contributed by atoms with Crippen LogP contribution in [0.3, 0.4) is 0 Å². The summed E-state index contributed by atoms with van der Waals surface area (Å²) in [6.45, 7) is 1.91. The Balaban J connectivity index is 2.65. The number of carbonyl (C=O) groups excluding carboxylic acids is 1. The lowest BCUT2D eigenvalue weighted by molar-refractivity contribution is 0.0940. The van der Waals surface area contributed by atoms with Gasteiger partial charge in [-0.1, -0.05) is 13.3 Å². The number of anilines is 1. The molecule has 8 heteroatoms. The number of aliphatic hydroxyl groups excluding tert-OH is 1. The normalized spacial score (nSPS) is 11.1. The summed E-state index contributed by atoms with van der Waals surface area (Å²) < 4.78 is 25.7. The zero-order chi connectivity index (χ0) is 15.0. The van der Waals surface area contributed by atoms with Crippen LogP contribution in [0.15, 0.2) is 18.3 Å². The van der Waals surface area contributed by atoms with Gasteiger partial charge in [0.2, 0.25) is 10.0 Å². The molecule has 0 aromatic carbocycles. The lowest BCUT2D eigenvalue weighted by Gasteiger charge is -2.08. The largest absolute Gasteiger partial charge is 0.395 e. The van der Waals surface area contributed by atoms with Crippen LogP contribution in [0.2, 0.25) is 0 Å². The maximum absolute atomic E-state index is 11.7. The highest BCUT2D eigenvalue weighted by Crippen LogP contribution is 2.09. The Bertz CT molecular complexity index is 528. The van der Waals surface area contributed by atoms with E-state index in [0.717, 1.165) is 6.42 Å². The molecule has 1 amide bonds. The number of pyridine rings is 1. The number of sulfonamides is 1. The van der Waals surface area contributed by atoms with Gasteiger partial charge in [0.15, 0.2) is 0 Å². The number of rotatable bonds is 8. The summed E-state index contributed by atoms with van der Waals surface area (Å²) in [5, 5.41) is 11.0. The molecule has 0 saturated carbocycles. The Labute approximate surface area is 118 Å². The fourth-order valence-corrected chi connectivity index (χ4v) is 2.66. The third-order valence-electron chi connectivity index (χ3n) is 2.43. The fourth-order valence-electron chi connectivity index (χ4n) is 1.41. The zero-order valence-corrected chi connectivity index (χ0v) is 12.1. The predicted octanol–water partition coefficient (Wildman–Crippen LogP) is 0.345. The Kier molecular flexibility index (Phi) is 6.40. The van der Waals surface area contributed by atoms with Gasteiger partial charge in [0.25, 0.3) is 5.91 Å². The van der Waals surface area contributed by atoms with Gasteiger partial charge in [-0.15, -0.1) is 0 Å². The van der Waals surface area contributed by atoms with E-state index < -0.39 is 15.9 Å². The number of aromatic nitrogens is 1. The summed E-state index contributed by atoms with van der Waals surface area (Å²) in [7, 11) is -3.37. The lowest BCUT2D eigenvalue weighted by atomic mass is 10.3. The SMILES string of the molecule is CCCCS(=O)(=O)Nc1ccc(C(=O)NCCO)nc1. The molecular weight excluding hydrogens is 282 g/mol. The van der Waals surface area contributed by atoms with Gasteiger partial charge in [-0.25, -0.2) is 13.4 Å². The van der Waals surface area contributed by atoms with Crippen molar-refractivity contribution in [2.75, 3.05) is 23.6 Å². The first-order chi connectivity index (χ1) is 9.48. The molecule has 0 saturated heterocycles. The van der Waals surface area contributed by atoms with E-state index in [1.54, 1.807) is 0 Å². The van der Waals surface area contributed by atoms with Gasteiger partial charge in [0.05, 0.1) is 24.2 Å². The number of amides is 1. The molecule has 0 aliphatic rings. The molecule has 0 aliphatic heterocycles. The Morgan fingerprint density at radius 3 is 2.70 bits per heavy atom. The number of hydrogen-bond acceptors (Lipinski definition) is 5. The van der Waals surface area contributed by atoms with Crippen molar-refractivity contribution in [3.05, 3.63) is 24.0 Å². The first-order valence-corrected chi connectivity index (χ1v) is 7.99. The minimum absolute atomic E-state index is 0.0578. The Hall–Kier alpha value is -1.67. The minimum atomic E-state index is -3.37. The molecule has 0 fully saturated rings. The summed E-state index contributed by atoms with van der Waals surface area (Å²) in [5.41, 5.74) is 0.481. The summed E-state index contributed by atoms with van der Waals surface area (Å²) >= 11 is 0. The standard InChI is InChI=1S/C12H19N3O4S/c1-2-3-8-20(18,19)15-10-4-5-11(14-9-10)12(17)13-6-7-16/h4-5,9,15-16H,2-3,6-8H2,1H3,(H,13,17). The first-order valence-electron chi connectivity index (χ1n) is 6.34. The van der Waals surface area contributed by atoms with Crippen molar-refractivity contribution in [2.45, 2.75) is 19.8 Å². The summed E-state index contributed by atoms with van der Waals surface area (Å²) in [5.74, 6) is -0.359. The molecule has 1 aromatic rings. The summed E-state index contributed by atoms with van der Waals surface area (Å²) in [4.78, 5) is 15.4. The van der Waals surface area contributed by atoms with E-state index in [-0.39, 0.29) is 24.6 Å². The number of aliphatic hydroxyl groups is 1. The van der Waals surface area contributed by atoms with Crippen molar-refractivity contribution in [3.8, 4) is 0 Å². The van der Waals surface area contributed by atoms with E-state index >= 15 is 0 Å². The summed E-state index contributed by atoms with van der Waals surface area (Å²) in [6, 6.07) is 2.90. The van der Waals surface area contributed by atoms with Crippen LogP contribution >= 0.6 is 0 Å². The van der Waals surface area contributed by atoms with Crippen LogP contribution in [0.5, 0.6) is 0 Å². The van der Waals surface area contributed by atoms with E-state index in [0.29, 0.717) is 12.1 Å². The van der Waals surface area contributed by atoms with Crippen LogP contribution in [-0.4, -0.2) is 43.3 Å². The molecule has 0 atom stereocenters. The molecule has 1 rings (SSSR count). The molecule has 0 radical (unpaired) electrons. The topological polar surface area (TPSA) is 108 Å². The number of hydrogen-bond donors (Lipinski definition) is 3. The molecule has 0 bridgehead atoms. The van der Waals surface area contributed by atoms with Gasteiger partial charge in [-0.2, -0.15) is 0 Å². The van der Waals surface area contributed by atoms with Crippen LogP contribution in [0.4, 0.5) is 5.69 Å². The third kappa shape index (κ3) is 5.54. The highest BCUT2D eigenvalue weighted by molar-refractivity contribution is 7.92. The van der Waals surface area contributed by atoms with Crippen molar-refractivity contribution in [1.82, 2.24) is 10.3 Å². The second-order valence-electron chi connectivity index (χ2n) is 4.19. The fraction of sp³-hybridized carbons (Fsp3) is 0.500. The third-order valence-corrected chi connectivity index (χ3v) is 3.81. The molecule has 7 nitrogen and oxygen atoms in total. The highest BCUT2D eigenvalue weighted by Gasteiger charge is 2.11. The summed E-state index contributed by atoms with van der Waals surface area (Å²) in [6.07, 6.45) is 2.67. The van der Waals surface area contributed by atoms with Gasteiger partial charge in [0.1, 0.15) is 5.69 Å². The van der Waals surface area contributed by atoms with Crippen LogP contribution in [0, 0.1) is 0 Å². The van der Waals surface area contributed by atoms with E-state index in [1.165, 1.54) is 18.3 Å². The molecule has 3 N–H and O–H groups in total. The zero-order valence-electron chi connectivity index (χ0n) is 11.3.